The molecule has 1 fully saturated rings. The Morgan fingerprint density at radius 1 is 1.14 bits per heavy atom. The van der Waals surface area contributed by atoms with Gasteiger partial charge in [-0.3, -0.25) is 14.5 Å². The molecule has 0 spiro atoms. The Labute approximate surface area is 162 Å². The van der Waals surface area contributed by atoms with Gasteiger partial charge in [0, 0.05) is 12.1 Å². The first-order valence-corrected chi connectivity index (χ1v) is 9.22. The predicted molar refractivity (Wildman–Crippen MR) is 108 cm³/mol. The molecule has 0 unspecified atom stereocenters. The third-order valence-corrected chi connectivity index (χ3v) is 4.86. The third kappa shape index (κ3) is 3.41. The van der Waals surface area contributed by atoms with E-state index in [1.165, 1.54) is 0 Å². The molecule has 1 amide bonds. The summed E-state index contributed by atoms with van der Waals surface area (Å²) in [6, 6.07) is 14.5. The molecule has 6 heteroatoms. The van der Waals surface area contributed by atoms with Crippen molar-refractivity contribution in [3.05, 3.63) is 70.6 Å². The average molecular weight is 375 g/mol. The zero-order chi connectivity index (χ0) is 19.7. The fourth-order valence-corrected chi connectivity index (χ4v) is 3.14. The smallest absolute Gasteiger partial charge is 0.257 e. The summed E-state index contributed by atoms with van der Waals surface area (Å²) < 4.78 is 5.22. The van der Waals surface area contributed by atoms with Crippen LogP contribution >= 0.6 is 0 Å². The summed E-state index contributed by atoms with van der Waals surface area (Å²) in [5.41, 5.74) is 2.44. The topological polar surface area (TPSA) is 75.3 Å². The molecule has 0 saturated heterocycles. The molecule has 1 aromatic carbocycles. The summed E-state index contributed by atoms with van der Waals surface area (Å²) in [6.45, 7) is 1.90. The van der Waals surface area contributed by atoms with E-state index in [2.05, 4.69) is 4.98 Å². The molecule has 1 aliphatic carbocycles. The maximum absolute atomic E-state index is 13.0. The number of aromatic nitrogens is 2. The first-order valence-electron chi connectivity index (χ1n) is 9.22. The first-order chi connectivity index (χ1) is 13.6. The minimum Gasteiger partial charge on any atom is -0.497 e. The second-order valence-corrected chi connectivity index (χ2v) is 6.89. The van der Waals surface area contributed by atoms with Gasteiger partial charge in [0.2, 0.25) is 5.91 Å². The molecule has 6 nitrogen and oxygen atoms in total. The Morgan fingerprint density at radius 2 is 1.89 bits per heavy atom. The van der Waals surface area contributed by atoms with Gasteiger partial charge >= 0.3 is 0 Å². The van der Waals surface area contributed by atoms with E-state index in [1.807, 2.05) is 43.3 Å². The number of hydrogen-bond donors (Lipinski definition) is 1. The van der Waals surface area contributed by atoms with Crippen LogP contribution in [0.1, 0.15) is 18.4 Å². The fraction of sp³-hybridized carbons (Fsp3) is 0.227. The van der Waals surface area contributed by atoms with Crippen molar-refractivity contribution in [3.63, 3.8) is 0 Å². The van der Waals surface area contributed by atoms with Crippen LogP contribution in [0.15, 0.2) is 59.5 Å². The van der Waals surface area contributed by atoms with Crippen molar-refractivity contribution in [1.29, 1.82) is 0 Å². The van der Waals surface area contributed by atoms with E-state index >= 15 is 0 Å². The van der Waals surface area contributed by atoms with Crippen LogP contribution < -0.4 is 15.2 Å². The molecule has 1 aliphatic rings. The number of anilines is 2. The van der Waals surface area contributed by atoms with Crippen LogP contribution in [-0.4, -0.2) is 23.0 Å². The average Bonchev–Trinajstić information content (AvgIpc) is 3.56. The Morgan fingerprint density at radius 3 is 2.54 bits per heavy atom. The number of nitrogens with zero attached hydrogens (tertiary/aromatic N) is 2. The highest BCUT2D eigenvalue weighted by Crippen LogP contribution is 2.37. The number of nitrogens with one attached hydrogen (secondary N) is 1. The molecule has 4 rings (SSSR count). The minimum atomic E-state index is -0.209. The predicted octanol–water partition coefficient (Wildman–Crippen LogP) is 3.83. The number of carbonyl (C=O) groups excluding carboxylic acids is 1. The number of carbonyl (C=O) groups is 1. The number of aryl methyl sites for hydroxylation is 1. The van der Waals surface area contributed by atoms with Gasteiger partial charge < -0.3 is 9.72 Å². The number of pyridine rings is 2. The van der Waals surface area contributed by atoms with Crippen LogP contribution in [0.5, 0.6) is 5.75 Å². The van der Waals surface area contributed by atoms with Crippen molar-refractivity contribution < 1.29 is 9.53 Å². The molecule has 2 heterocycles. The van der Waals surface area contributed by atoms with Gasteiger partial charge in [0.15, 0.2) is 0 Å². The van der Waals surface area contributed by atoms with E-state index < -0.39 is 0 Å². The number of H-pyrrole nitrogens is 1. The molecule has 0 radical (unpaired) electrons. The van der Waals surface area contributed by atoms with Crippen LogP contribution in [0.25, 0.3) is 11.3 Å². The van der Waals surface area contributed by atoms with E-state index in [9.17, 15) is 9.59 Å². The van der Waals surface area contributed by atoms with Crippen molar-refractivity contribution >= 4 is 17.4 Å². The van der Waals surface area contributed by atoms with Crippen LogP contribution in [0.2, 0.25) is 0 Å². The van der Waals surface area contributed by atoms with E-state index in [4.69, 9.17) is 9.72 Å². The summed E-state index contributed by atoms with van der Waals surface area (Å²) in [4.78, 5) is 34.3. The van der Waals surface area contributed by atoms with Gasteiger partial charge in [0.05, 0.1) is 24.1 Å². The molecule has 142 valence electrons. The number of aromatic amines is 1. The number of hydrogen-bond acceptors (Lipinski definition) is 4. The van der Waals surface area contributed by atoms with E-state index in [0.717, 1.165) is 29.8 Å². The zero-order valence-electron chi connectivity index (χ0n) is 15.8. The standard InChI is InChI=1S/C22H21N3O3/c1-14-5-12-19(24-20(14)18-4-3-13-23-21(18)26)25(22(27)15-6-7-15)16-8-10-17(28-2)11-9-16/h3-5,8-13,15H,6-7H2,1-2H3,(H,23,26). The second kappa shape index (κ2) is 7.31. The van der Waals surface area contributed by atoms with Gasteiger partial charge in [-0.2, -0.15) is 0 Å². The summed E-state index contributed by atoms with van der Waals surface area (Å²) in [5, 5.41) is 0. The summed E-state index contributed by atoms with van der Waals surface area (Å²) in [5.74, 6) is 1.27. The van der Waals surface area contributed by atoms with Crippen molar-refractivity contribution in [2.45, 2.75) is 19.8 Å². The quantitative estimate of drug-likeness (QED) is 0.735. The molecule has 2 aromatic heterocycles. The van der Waals surface area contributed by atoms with Crippen LogP contribution in [0.4, 0.5) is 11.5 Å². The lowest BCUT2D eigenvalue weighted by Gasteiger charge is -2.23. The van der Waals surface area contributed by atoms with Crippen molar-refractivity contribution in [2.75, 3.05) is 12.0 Å². The summed E-state index contributed by atoms with van der Waals surface area (Å²) in [7, 11) is 1.60. The molecule has 3 aromatic rings. The number of rotatable bonds is 5. The Hall–Kier alpha value is -3.41. The SMILES string of the molecule is COc1ccc(N(C(=O)C2CC2)c2ccc(C)c(-c3ccc[nH]c3=O)n2)cc1. The molecule has 0 bridgehead atoms. The maximum Gasteiger partial charge on any atom is 0.257 e. The number of ether oxygens (including phenoxy) is 1. The molecule has 0 atom stereocenters. The molecule has 0 aliphatic heterocycles. The molecule has 1 saturated carbocycles. The Balaban J connectivity index is 1.82. The van der Waals surface area contributed by atoms with E-state index in [-0.39, 0.29) is 17.4 Å². The number of methoxy groups -OCH3 is 1. The molecular formula is C22H21N3O3. The van der Waals surface area contributed by atoms with Crippen molar-refractivity contribution in [2.24, 2.45) is 5.92 Å². The van der Waals surface area contributed by atoms with Gasteiger partial charge in [-0.25, -0.2) is 4.98 Å². The molecule has 1 N–H and O–H groups in total. The van der Waals surface area contributed by atoms with E-state index in [0.29, 0.717) is 17.1 Å². The highest BCUT2D eigenvalue weighted by atomic mass is 16.5. The van der Waals surface area contributed by atoms with E-state index in [1.54, 1.807) is 30.3 Å². The van der Waals surface area contributed by atoms with Crippen LogP contribution in [-0.2, 0) is 4.79 Å². The summed E-state index contributed by atoms with van der Waals surface area (Å²) in [6.07, 6.45) is 3.37. The van der Waals surface area contributed by atoms with Gasteiger partial charge in [0.1, 0.15) is 11.6 Å². The largest absolute Gasteiger partial charge is 0.497 e. The third-order valence-electron chi connectivity index (χ3n) is 4.86. The number of benzene rings is 1. The van der Waals surface area contributed by atoms with Crippen LogP contribution in [0, 0.1) is 12.8 Å². The van der Waals surface area contributed by atoms with Gasteiger partial charge in [0.25, 0.3) is 5.56 Å². The normalized spacial score (nSPS) is 13.2. The lowest BCUT2D eigenvalue weighted by atomic mass is 10.1. The van der Waals surface area contributed by atoms with Crippen molar-refractivity contribution in [3.8, 4) is 17.0 Å². The lowest BCUT2D eigenvalue weighted by molar-refractivity contribution is -0.119. The van der Waals surface area contributed by atoms with Gasteiger partial charge in [-0.15, -0.1) is 0 Å². The Kier molecular flexibility index (Phi) is 4.69. The zero-order valence-corrected chi connectivity index (χ0v) is 15.8. The maximum atomic E-state index is 13.0. The Bertz CT molecular complexity index is 1070. The van der Waals surface area contributed by atoms with Crippen LogP contribution in [0.3, 0.4) is 0 Å². The first kappa shape index (κ1) is 18.0. The van der Waals surface area contributed by atoms with Gasteiger partial charge in [-0.1, -0.05) is 6.07 Å². The molecule has 28 heavy (non-hydrogen) atoms. The van der Waals surface area contributed by atoms with Crippen molar-refractivity contribution in [1.82, 2.24) is 9.97 Å². The number of amides is 1. The highest BCUT2D eigenvalue weighted by molar-refractivity contribution is 6.02. The molecular weight excluding hydrogens is 354 g/mol. The monoisotopic (exact) mass is 375 g/mol. The fourth-order valence-electron chi connectivity index (χ4n) is 3.14. The highest BCUT2D eigenvalue weighted by Gasteiger charge is 2.35. The minimum absolute atomic E-state index is 0.0220. The second-order valence-electron chi connectivity index (χ2n) is 6.89. The summed E-state index contributed by atoms with van der Waals surface area (Å²) >= 11 is 0. The van der Waals surface area contributed by atoms with Gasteiger partial charge in [-0.05, 0) is 67.8 Å². The lowest BCUT2D eigenvalue weighted by Crippen LogP contribution is -2.28.